The van der Waals surface area contributed by atoms with Crippen LogP contribution in [0.1, 0.15) is 25.7 Å². The van der Waals surface area contributed by atoms with E-state index < -0.39 is 4.92 Å². The van der Waals surface area contributed by atoms with E-state index in [2.05, 4.69) is 10.6 Å². The molecule has 1 aromatic carbocycles. The van der Waals surface area contributed by atoms with E-state index in [0.717, 1.165) is 18.5 Å². The minimum absolute atomic E-state index is 0.0394. The molecule has 0 saturated carbocycles. The van der Waals surface area contributed by atoms with Crippen LogP contribution in [0.5, 0.6) is 0 Å². The second kappa shape index (κ2) is 9.71. The quantitative estimate of drug-likeness (QED) is 0.345. The minimum Gasteiger partial charge on any atom is -0.385 e. The summed E-state index contributed by atoms with van der Waals surface area (Å²) in [6, 6.07) is 6.22. The van der Waals surface area contributed by atoms with Gasteiger partial charge < -0.3 is 16.4 Å². The Morgan fingerprint density at radius 3 is 2.48 bits per heavy atom. The highest BCUT2D eigenvalue weighted by Crippen LogP contribution is 2.15. The molecule has 0 aliphatic rings. The third-order valence-electron chi connectivity index (χ3n) is 2.94. The van der Waals surface area contributed by atoms with Crippen molar-refractivity contribution in [3.63, 3.8) is 0 Å². The predicted octanol–water partition coefficient (Wildman–Crippen LogP) is 1.64. The molecule has 1 rings (SSSR count). The van der Waals surface area contributed by atoms with Crippen LogP contribution in [0.25, 0.3) is 0 Å². The van der Waals surface area contributed by atoms with Crippen molar-refractivity contribution in [3.05, 3.63) is 34.4 Å². The normalized spacial score (nSPS) is 10.1. The number of nitrogens with zero attached hydrogens (tertiary/aromatic N) is 1. The predicted molar refractivity (Wildman–Crippen MR) is 82.1 cm³/mol. The highest BCUT2D eigenvalue weighted by atomic mass is 16.6. The number of hydrogen-bond acceptors (Lipinski definition) is 5. The summed E-state index contributed by atoms with van der Waals surface area (Å²) in [6.45, 7) is 1.97. The fourth-order valence-corrected chi connectivity index (χ4v) is 1.77. The molecule has 1 aromatic rings. The molecular formula is C14H22N4O3. The van der Waals surface area contributed by atoms with Crippen LogP contribution in [0, 0.1) is 10.1 Å². The van der Waals surface area contributed by atoms with E-state index in [1.54, 1.807) is 12.1 Å². The smallest absolute Gasteiger partial charge is 0.269 e. The van der Waals surface area contributed by atoms with Gasteiger partial charge in [0.15, 0.2) is 0 Å². The lowest BCUT2D eigenvalue weighted by Crippen LogP contribution is -2.25. The minimum atomic E-state index is -0.432. The molecule has 0 fully saturated rings. The molecule has 0 radical (unpaired) electrons. The van der Waals surface area contributed by atoms with E-state index in [0.29, 0.717) is 32.5 Å². The molecule has 0 aliphatic carbocycles. The Morgan fingerprint density at radius 1 is 1.14 bits per heavy atom. The molecule has 0 aromatic heterocycles. The molecule has 7 nitrogen and oxygen atoms in total. The first-order valence-electron chi connectivity index (χ1n) is 7.08. The van der Waals surface area contributed by atoms with Crippen LogP contribution in [-0.2, 0) is 4.79 Å². The van der Waals surface area contributed by atoms with Crippen LogP contribution in [-0.4, -0.2) is 30.5 Å². The van der Waals surface area contributed by atoms with Gasteiger partial charge in [0.2, 0.25) is 5.91 Å². The van der Waals surface area contributed by atoms with Gasteiger partial charge in [-0.15, -0.1) is 0 Å². The van der Waals surface area contributed by atoms with E-state index in [1.807, 2.05) is 0 Å². The summed E-state index contributed by atoms with van der Waals surface area (Å²) < 4.78 is 0. The average molecular weight is 294 g/mol. The molecule has 0 atom stereocenters. The standard InChI is InChI=1S/C14H22N4O3/c15-9-1-2-10-17-14(19)4-3-11-16-12-5-7-13(8-6-12)18(20)21/h5-8,16H,1-4,9-11,15H2,(H,17,19). The zero-order chi connectivity index (χ0) is 15.5. The van der Waals surface area contributed by atoms with Crippen LogP contribution in [0.3, 0.4) is 0 Å². The number of anilines is 1. The van der Waals surface area contributed by atoms with Crippen molar-refractivity contribution in [1.82, 2.24) is 5.32 Å². The Morgan fingerprint density at radius 2 is 1.86 bits per heavy atom. The van der Waals surface area contributed by atoms with Crippen LogP contribution >= 0.6 is 0 Å². The van der Waals surface area contributed by atoms with Crippen molar-refractivity contribution in [2.24, 2.45) is 5.73 Å². The Balaban J connectivity index is 2.13. The van der Waals surface area contributed by atoms with E-state index in [4.69, 9.17) is 5.73 Å². The maximum atomic E-state index is 11.5. The number of nitrogens with one attached hydrogen (secondary N) is 2. The van der Waals surface area contributed by atoms with Gasteiger partial charge in [-0.25, -0.2) is 0 Å². The first-order chi connectivity index (χ1) is 10.1. The summed E-state index contributed by atoms with van der Waals surface area (Å²) in [7, 11) is 0. The first-order valence-corrected chi connectivity index (χ1v) is 7.08. The molecule has 0 aliphatic heterocycles. The summed E-state index contributed by atoms with van der Waals surface area (Å²) >= 11 is 0. The number of amides is 1. The van der Waals surface area contributed by atoms with Gasteiger partial charge in [0, 0.05) is 37.3 Å². The zero-order valence-electron chi connectivity index (χ0n) is 12.0. The SMILES string of the molecule is NCCCCNC(=O)CCCNc1ccc([N+](=O)[O-])cc1. The number of nitro benzene ring substituents is 1. The Hall–Kier alpha value is -2.15. The lowest BCUT2D eigenvalue weighted by molar-refractivity contribution is -0.384. The van der Waals surface area contributed by atoms with Gasteiger partial charge in [0.1, 0.15) is 0 Å². The molecule has 4 N–H and O–H groups in total. The molecule has 7 heteroatoms. The lowest BCUT2D eigenvalue weighted by Gasteiger charge is -2.07. The topological polar surface area (TPSA) is 110 Å². The summed E-state index contributed by atoms with van der Waals surface area (Å²) in [6.07, 6.45) is 2.99. The molecule has 116 valence electrons. The van der Waals surface area contributed by atoms with Crippen LogP contribution in [0.15, 0.2) is 24.3 Å². The van der Waals surface area contributed by atoms with Crippen LogP contribution in [0.2, 0.25) is 0 Å². The van der Waals surface area contributed by atoms with Crippen LogP contribution in [0.4, 0.5) is 11.4 Å². The molecule has 0 heterocycles. The van der Waals surface area contributed by atoms with E-state index in [-0.39, 0.29) is 11.6 Å². The molecule has 0 spiro atoms. The fourth-order valence-electron chi connectivity index (χ4n) is 1.77. The summed E-state index contributed by atoms with van der Waals surface area (Å²) in [5, 5.41) is 16.5. The summed E-state index contributed by atoms with van der Waals surface area (Å²) in [5.74, 6) is 0.0394. The number of nitrogens with two attached hydrogens (primary N) is 1. The van der Waals surface area contributed by atoms with Gasteiger partial charge in [-0.1, -0.05) is 0 Å². The van der Waals surface area contributed by atoms with Gasteiger partial charge in [-0.05, 0) is 37.9 Å². The monoisotopic (exact) mass is 294 g/mol. The van der Waals surface area contributed by atoms with Gasteiger partial charge in [-0.2, -0.15) is 0 Å². The molecule has 0 unspecified atom stereocenters. The van der Waals surface area contributed by atoms with Crippen molar-refractivity contribution in [2.75, 3.05) is 25.0 Å². The number of carbonyl (C=O) groups excluding carboxylic acids is 1. The largest absolute Gasteiger partial charge is 0.385 e. The third kappa shape index (κ3) is 7.26. The number of benzene rings is 1. The Bertz CT molecular complexity index is 448. The van der Waals surface area contributed by atoms with Crippen molar-refractivity contribution < 1.29 is 9.72 Å². The number of rotatable bonds is 10. The average Bonchev–Trinajstić information content (AvgIpc) is 2.48. The van der Waals surface area contributed by atoms with Crippen molar-refractivity contribution >= 4 is 17.3 Å². The van der Waals surface area contributed by atoms with Crippen molar-refractivity contribution in [3.8, 4) is 0 Å². The number of unbranched alkanes of at least 4 members (excludes halogenated alkanes) is 1. The van der Waals surface area contributed by atoms with Crippen molar-refractivity contribution in [1.29, 1.82) is 0 Å². The number of nitro groups is 1. The third-order valence-corrected chi connectivity index (χ3v) is 2.94. The van der Waals surface area contributed by atoms with Crippen LogP contribution < -0.4 is 16.4 Å². The fraction of sp³-hybridized carbons (Fsp3) is 0.500. The Labute approximate surface area is 124 Å². The van der Waals surface area contributed by atoms with Gasteiger partial charge in [0.25, 0.3) is 5.69 Å². The summed E-state index contributed by atoms with van der Waals surface area (Å²) in [5.41, 5.74) is 6.24. The van der Waals surface area contributed by atoms with E-state index in [9.17, 15) is 14.9 Å². The second-order valence-electron chi connectivity index (χ2n) is 4.68. The lowest BCUT2D eigenvalue weighted by atomic mass is 10.2. The highest BCUT2D eigenvalue weighted by Gasteiger charge is 2.04. The molecule has 0 bridgehead atoms. The van der Waals surface area contributed by atoms with E-state index in [1.165, 1.54) is 12.1 Å². The van der Waals surface area contributed by atoms with Gasteiger partial charge >= 0.3 is 0 Å². The van der Waals surface area contributed by atoms with Crippen molar-refractivity contribution in [2.45, 2.75) is 25.7 Å². The number of non-ortho nitro benzene ring substituents is 1. The molecule has 21 heavy (non-hydrogen) atoms. The second-order valence-corrected chi connectivity index (χ2v) is 4.68. The summed E-state index contributed by atoms with van der Waals surface area (Å²) in [4.78, 5) is 21.6. The van der Waals surface area contributed by atoms with E-state index >= 15 is 0 Å². The first kappa shape index (κ1) is 16.9. The maximum absolute atomic E-state index is 11.5. The van der Waals surface area contributed by atoms with Gasteiger partial charge in [-0.3, -0.25) is 14.9 Å². The number of hydrogen-bond donors (Lipinski definition) is 3. The molecule has 1 amide bonds. The maximum Gasteiger partial charge on any atom is 0.269 e. The molecule has 0 saturated heterocycles. The Kier molecular flexibility index (Phi) is 7.81. The van der Waals surface area contributed by atoms with Gasteiger partial charge in [0.05, 0.1) is 4.92 Å². The number of carbonyl (C=O) groups is 1. The highest BCUT2D eigenvalue weighted by molar-refractivity contribution is 5.75. The molecular weight excluding hydrogens is 272 g/mol. The zero-order valence-corrected chi connectivity index (χ0v) is 12.0.